The summed E-state index contributed by atoms with van der Waals surface area (Å²) in [7, 11) is 0. The van der Waals surface area contributed by atoms with Crippen LogP contribution in [-0.4, -0.2) is 23.1 Å². The fraction of sp³-hybridized carbons (Fsp3) is 0.636. The molecule has 0 aliphatic rings. The maximum Gasteiger partial charge on any atom is 0.246 e. The van der Waals surface area contributed by atoms with Crippen LogP contribution >= 0.6 is 0 Å². The van der Waals surface area contributed by atoms with Crippen LogP contribution in [0.4, 0.5) is 5.88 Å². The van der Waals surface area contributed by atoms with Gasteiger partial charge in [-0.1, -0.05) is 12.1 Å². The van der Waals surface area contributed by atoms with E-state index in [1.807, 2.05) is 34.6 Å². The Kier molecular flexibility index (Phi) is 3.70. The van der Waals surface area contributed by atoms with Crippen LogP contribution in [0.1, 0.15) is 32.0 Å². The highest BCUT2D eigenvalue weighted by atomic mass is 16.5. The first kappa shape index (κ1) is 12.7. The third kappa shape index (κ3) is 2.61. The van der Waals surface area contributed by atoms with E-state index in [0.29, 0.717) is 5.88 Å². The first-order chi connectivity index (χ1) is 7.38. The topological polar surface area (TPSA) is 67.2 Å². The van der Waals surface area contributed by atoms with Crippen molar-refractivity contribution >= 4 is 11.8 Å². The van der Waals surface area contributed by atoms with Crippen LogP contribution in [0.15, 0.2) is 4.52 Å². The van der Waals surface area contributed by atoms with Gasteiger partial charge in [-0.05, 0) is 34.2 Å². The molecule has 0 spiro atoms. The molecule has 1 amide bonds. The van der Waals surface area contributed by atoms with Crippen LogP contribution in [0.2, 0.25) is 0 Å². The summed E-state index contributed by atoms with van der Waals surface area (Å²) in [6.45, 7) is 10.0. The van der Waals surface area contributed by atoms with Crippen molar-refractivity contribution in [1.82, 2.24) is 10.5 Å². The van der Waals surface area contributed by atoms with Crippen LogP contribution < -0.4 is 10.6 Å². The molecule has 0 atom stereocenters. The van der Waals surface area contributed by atoms with Gasteiger partial charge in [-0.3, -0.25) is 10.1 Å². The third-order valence-corrected chi connectivity index (χ3v) is 2.57. The van der Waals surface area contributed by atoms with Crippen molar-refractivity contribution in [3.63, 3.8) is 0 Å². The molecule has 1 rings (SSSR count). The predicted octanol–water partition coefficient (Wildman–Crippen LogP) is 1.62. The SMILES string of the molecule is CCNC(C)(C)C(=O)Nc1onc(C)c1C. The zero-order chi connectivity index (χ0) is 12.3. The lowest BCUT2D eigenvalue weighted by atomic mass is 10.0. The Labute approximate surface area is 95.6 Å². The highest BCUT2D eigenvalue weighted by Crippen LogP contribution is 2.18. The number of anilines is 1. The summed E-state index contributed by atoms with van der Waals surface area (Å²) in [5.74, 6) is 0.294. The number of carbonyl (C=O) groups is 1. The van der Waals surface area contributed by atoms with E-state index in [4.69, 9.17) is 4.52 Å². The van der Waals surface area contributed by atoms with Gasteiger partial charge in [-0.2, -0.15) is 0 Å². The molecule has 1 aromatic rings. The first-order valence-corrected chi connectivity index (χ1v) is 5.38. The summed E-state index contributed by atoms with van der Waals surface area (Å²) in [5.41, 5.74) is 1.03. The lowest BCUT2D eigenvalue weighted by Crippen LogP contribution is -2.49. The molecule has 0 aromatic carbocycles. The van der Waals surface area contributed by atoms with Gasteiger partial charge in [-0.15, -0.1) is 0 Å². The highest BCUT2D eigenvalue weighted by Gasteiger charge is 2.27. The maximum absolute atomic E-state index is 11.9. The van der Waals surface area contributed by atoms with Crippen molar-refractivity contribution in [3.8, 4) is 0 Å². The molecule has 5 heteroatoms. The maximum atomic E-state index is 11.9. The molecule has 0 saturated carbocycles. The molecule has 16 heavy (non-hydrogen) atoms. The minimum absolute atomic E-state index is 0.131. The van der Waals surface area contributed by atoms with Crippen LogP contribution in [-0.2, 0) is 4.79 Å². The van der Waals surface area contributed by atoms with Crippen molar-refractivity contribution in [3.05, 3.63) is 11.3 Å². The number of likely N-dealkylation sites (N-methyl/N-ethyl adjacent to an activating group) is 1. The van der Waals surface area contributed by atoms with E-state index in [0.717, 1.165) is 17.8 Å². The second kappa shape index (κ2) is 4.65. The third-order valence-electron chi connectivity index (χ3n) is 2.57. The summed E-state index contributed by atoms with van der Waals surface area (Å²) < 4.78 is 5.03. The molecule has 90 valence electrons. The summed E-state index contributed by atoms with van der Waals surface area (Å²) in [5, 5.41) is 9.61. The molecule has 0 saturated heterocycles. The van der Waals surface area contributed by atoms with Gasteiger partial charge in [0.15, 0.2) is 0 Å². The number of nitrogens with zero attached hydrogens (tertiary/aromatic N) is 1. The number of hydrogen-bond donors (Lipinski definition) is 2. The number of nitrogens with one attached hydrogen (secondary N) is 2. The lowest BCUT2D eigenvalue weighted by molar-refractivity contribution is -0.121. The zero-order valence-electron chi connectivity index (χ0n) is 10.5. The molecule has 2 N–H and O–H groups in total. The average molecular weight is 225 g/mol. The van der Waals surface area contributed by atoms with Gasteiger partial charge in [0.25, 0.3) is 0 Å². The summed E-state index contributed by atoms with van der Waals surface area (Å²) in [4.78, 5) is 11.9. The molecule has 5 nitrogen and oxygen atoms in total. The van der Waals surface area contributed by atoms with Gasteiger partial charge < -0.3 is 9.84 Å². The number of carbonyl (C=O) groups excluding carboxylic acids is 1. The molecule has 0 unspecified atom stereocenters. The molecule has 0 bridgehead atoms. The van der Waals surface area contributed by atoms with E-state index >= 15 is 0 Å². The number of aromatic nitrogens is 1. The van der Waals surface area contributed by atoms with E-state index in [1.165, 1.54) is 0 Å². The Morgan fingerprint density at radius 2 is 2.06 bits per heavy atom. The predicted molar refractivity (Wildman–Crippen MR) is 62.4 cm³/mol. The van der Waals surface area contributed by atoms with Crippen LogP contribution in [0, 0.1) is 13.8 Å². The largest absolute Gasteiger partial charge is 0.338 e. The second-order valence-corrected chi connectivity index (χ2v) is 4.33. The van der Waals surface area contributed by atoms with E-state index in [9.17, 15) is 4.79 Å². The van der Waals surface area contributed by atoms with Crippen molar-refractivity contribution in [2.24, 2.45) is 0 Å². The molecule has 0 radical (unpaired) electrons. The quantitative estimate of drug-likeness (QED) is 0.817. The molecule has 1 aromatic heterocycles. The van der Waals surface area contributed by atoms with E-state index < -0.39 is 5.54 Å². The Morgan fingerprint density at radius 1 is 1.44 bits per heavy atom. The average Bonchev–Trinajstić information content (AvgIpc) is 2.49. The Hall–Kier alpha value is -1.36. The van der Waals surface area contributed by atoms with Crippen molar-refractivity contribution < 1.29 is 9.32 Å². The van der Waals surface area contributed by atoms with E-state index in [2.05, 4.69) is 15.8 Å². The normalized spacial score (nSPS) is 11.6. The van der Waals surface area contributed by atoms with Crippen LogP contribution in [0.25, 0.3) is 0 Å². The highest BCUT2D eigenvalue weighted by molar-refractivity contribution is 5.96. The molecule has 0 fully saturated rings. The minimum atomic E-state index is -0.623. The van der Waals surface area contributed by atoms with Crippen molar-refractivity contribution in [1.29, 1.82) is 0 Å². The fourth-order valence-electron chi connectivity index (χ4n) is 1.31. The van der Waals surface area contributed by atoms with E-state index in [-0.39, 0.29) is 5.91 Å². The van der Waals surface area contributed by atoms with Gasteiger partial charge in [0.2, 0.25) is 11.8 Å². The summed E-state index contributed by atoms with van der Waals surface area (Å²) in [6, 6.07) is 0. The fourth-order valence-corrected chi connectivity index (χ4v) is 1.31. The van der Waals surface area contributed by atoms with Gasteiger partial charge >= 0.3 is 0 Å². The summed E-state index contributed by atoms with van der Waals surface area (Å²) in [6.07, 6.45) is 0. The second-order valence-electron chi connectivity index (χ2n) is 4.33. The molecular weight excluding hydrogens is 206 g/mol. The lowest BCUT2D eigenvalue weighted by Gasteiger charge is -2.23. The molecule has 0 aliphatic heterocycles. The monoisotopic (exact) mass is 225 g/mol. The van der Waals surface area contributed by atoms with Crippen molar-refractivity contribution in [2.75, 3.05) is 11.9 Å². The van der Waals surface area contributed by atoms with Crippen molar-refractivity contribution in [2.45, 2.75) is 40.2 Å². The number of hydrogen-bond acceptors (Lipinski definition) is 4. The molecule has 0 aliphatic carbocycles. The molecule has 1 heterocycles. The van der Waals surface area contributed by atoms with E-state index in [1.54, 1.807) is 0 Å². The number of amides is 1. The van der Waals surface area contributed by atoms with Gasteiger partial charge in [-0.25, -0.2) is 0 Å². The van der Waals surface area contributed by atoms with Crippen LogP contribution in [0.5, 0.6) is 0 Å². The minimum Gasteiger partial charge on any atom is -0.338 e. The number of rotatable bonds is 4. The zero-order valence-corrected chi connectivity index (χ0v) is 10.5. The van der Waals surface area contributed by atoms with Gasteiger partial charge in [0.05, 0.1) is 11.2 Å². The Morgan fingerprint density at radius 3 is 2.50 bits per heavy atom. The smallest absolute Gasteiger partial charge is 0.246 e. The molecular formula is C11H19N3O2. The number of aryl methyl sites for hydroxylation is 1. The first-order valence-electron chi connectivity index (χ1n) is 5.38. The Balaban J connectivity index is 2.75. The summed E-state index contributed by atoms with van der Waals surface area (Å²) >= 11 is 0. The standard InChI is InChI=1S/C11H19N3O2/c1-6-12-11(4,5)10(15)13-9-7(2)8(3)14-16-9/h12H,6H2,1-5H3,(H,13,15). The van der Waals surface area contributed by atoms with Gasteiger partial charge in [0.1, 0.15) is 0 Å². The Bertz CT molecular complexity index is 383. The van der Waals surface area contributed by atoms with Gasteiger partial charge in [0, 0.05) is 5.56 Å². The van der Waals surface area contributed by atoms with Crippen LogP contribution in [0.3, 0.4) is 0 Å².